The predicted molar refractivity (Wildman–Crippen MR) is 119 cm³/mol. The quantitative estimate of drug-likeness (QED) is 0.665. The number of carbonyl (C=O) groups is 2. The Balaban J connectivity index is 2.01. The maximum absolute atomic E-state index is 12.6. The highest BCUT2D eigenvalue weighted by molar-refractivity contribution is 8.18. The average molecular weight is 439 g/mol. The lowest BCUT2D eigenvalue weighted by Crippen LogP contribution is -2.14. The second-order valence-electron chi connectivity index (χ2n) is 6.57. The van der Waals surface area contributed by atoms with Gasteiger partial charge in [0.2, 0.25) is 0 Å². The molecule has 1 amide bonds. The van der Waals surface area contributed by atoms with Gasteiger partial charge in [-0.25, -0.2) is 9.79 Å². The van der Waals surface area contributed by atoms with E-state index in [1.54, 1.807) is 49.4 Å². The number of benzene rings is 2. The summed E-state index contributed by atoms with van der Waals surface area (Å²) < 4.78 is 10.1. The number of carbonyl (C=O) groups excluding carboxylic acids is 2. The lowest BCUT2D eigenvalue weighted by Gasteiger charge is -2.04. The molecule has 2 N–H and O–H groups in total. The molecule has 160 valence electrons. The highest BCUT2D eigenvalue weighted by Gasteiger charge is 2.34. The second kappa shape index (κ2) is 9.53. The number of nitrogens with zero attached hydrogens (tertiary/aromatic N) is 1. The first-order valence-corrected chi connectivity index (χ1v) is 10.2. The van der Waals surface area contributed by atoms with E-state index in [1.807, 2.05) is 6.92 Å². The molecule has 31 heavy (non-hydrogen) atoms. The molecule has 7 nitrogen and oxygen atoms in total. The third-order valence-electron chi connectivity index (χ3n) is 4.37. The van der Waals surface area contributed by atoms with Gasteiger partial charge in [0.1, 0.15) is 16.4 Å². The average Bonchev–Trinajstić information content (AvgIpc) is 3.04. The Labute approximate surface area is 183 Å². The van der Waals surface area contributed by atoms with Crippen molar-refractivity contribution >= 4 is 34.8 Å². The van der Waals surface area contributed by atoms with E-state index in [1.165, 1.54) is 13.2 Å². The summed E-state index contributed by atoms with van der Waals surface area (Å²) >= 11 is 0.982. The maximum atomic E-state index is 12.6. The zero-order chi connectivity index (χ0) is 22.5. The summed E-state index contributed by atoms with van der Waals surface area (Å²) in [6, 6.07) is 11.5. The van der Waals surface area contributed by atoms with Crippen LogP contribution in [0.2, 0.25) is 0 Å². The summed E-state index contributed by atoms with van der Waals surface area (Å²) in [5, 5.41) is 20.5. The smallest absolute Gasteiger partial charge is 0.344 e. The van der Waals surface area contributed by atoms with Gasteiger partial charge in [-0.2, -0.15) is 0 Å². The molecular formula is C23H21NO6S. The minimum Gasteiger partial charge on any atom is -0.506 e. The van der Waals surface area contributed by atoms with E-state index in [0.29, 0.717) is 16.0 Å². The molecule has 0 spiro atoms. The van der Waals surface area contributed by atoms with Gasteiger partial charge < -0.3 is 19.7 Å². The summed E-state index contributed by atoms with van der Waals surface area (Å²) in [7, 11) is 1.42. The third kappa shape index (κ3) is 4.97. The molecule has 0 unspecified atom stereocenters. The number of aliphatic hydroxyl groups is 1. The molecule has 3 rings (SSSR count). The fourth-order valence-electron chi connectivity index (χ4n) is 2.78. The highest BCUT2D eigenvalue weighted by atomic mass is 32.2. The van der Waals surface area contributed by atoms with E-state index in [-0.39, 0.29) is 34.5 Å². The fourth-order valence-corrected chi connectivity index (χ4v) is 3.79. The number of rotatable bonds is 5. The van der Waals surface area contributed by atoms with Crippen molar-refractivity contribution in [2.24, 2.45) is 4.99 Å². The Morgan fingerprint density at radius 1 is 1.13 bits per heavy atom. The normalized spacial score (nSPS) is 16.1. The van der Waals surface area contributed by atoms with Crippen LogP contribution in [-0.2, 0) is 9.53 Å². The summed E-state index contributed by atoms with van der Waals surface area (Å²) in [4.78, 5) is 29.4. The molecule has 0 atom stereocenters. The summed E-state index contributed by atoms with van der Waals surface area (Å²) in [6.07, 6.45) is 1.60. The van der Waals surface area contributed by atoms with E-state index in [2.05, 4.69) is 4.99 Å². The van der Waals surface area contributed by atoms with Crippen molar-refractivity contribution in [2.45, 2.75) is 13.8 Å². The molecular weight excluding hydrogens is 418 g/mol. The zero-order valence-corrected chi connectivity index (χ0v) is 18.0. The SMILES string of the molecule is CCOC(=O)C1=C(O)C(=Cc2ccc(O)c(OC)c2)SC1=NC(=O)c1ccc(C)cc1. The van der Waals surface area contributed by atoms with E-state index in [9.17, 15) is 19.8 Å². The minimum absolute atomic E-state index is 0.0263. The highest BCUT2D eigenvalue weighted by Crippen LogP contribution is 2.40. The van der Waals surface area contributed by atoms with Crippen LogP contribution >= 0.6 is 11.8 Å². The first kappa shape index (κ1) is 22.2. The standard InChI is InChI=1S/C23H21NO6S/c1-4-30-23(28)19-20(26)18(12-14-7-10-16(25)17(11-14)29-3)31-22(19)24-21(27)15-8-5-13(2)6-9-15/h5-12,25-26H,4H2,1-3H3. The maximum Gasteiger partial charge on any atom is 0.344 e. The van der Waals surface area contributed by atoms with Crippen molar-refractivity contribution in [2.75, 3.05) is 13.7 Å². The molecule has 0 saturated carbocycles. The van der Waals surface area contributed by atoms with Crippen LogP contribution in [-0.4, -0.2) is 40.8 Å². The number of aliphatic hydroxyl groups excluding tert-OH is 1. The molecule has 0 aromatic heterocycles. The van der Waals surface area contributed by atoms with Gasteiger partial charge in [0.25, 0.3) is 5.91 Å². The topological polar surface area (TPSA) is 105 Å². The molecule has 0 radical (unpaired) electrons. The first-order chi connectivity index (χ1) is 14.8. The summed E-state index contributed by atoms with van der Waals surface area (Å²) in [5.41, 5.74) is 1.81. The number of hydrogen-bond acceptors (Lipinski definition) is 7. The number of methoxy groups -OCH3 is 1. The Morgan fingerprint density at radius 3 is 2.48 bits per heavy atom. The molecule has 2 aromatic carbocycles. The fraction of sp³-hybridized carbons (Fsp3) is 0.174. The van der Waals surface area contributed by atoms with Gasteiger partial charge in [-0.05, 0) is 49.8 Å². The third-order valence-corrected chi connectivity index (χ3v) is 5.39. The Hall–Kier alpha value is -3.52. The lowest BCUT2D eigenvalue weighted by atomic mass is 10.1. The summed E-state index contributed by atoms with van der Waals surface area (Å²) in [6.45, 7) is 3.65. The molecule has 0 fully saturated rings. The van der Waals surface area contributed by atoms with Gasteiger partial charge in [-0.1, -0.05) is 35.5 Å². The lowest BCUT2D eigenvalue weighted by molar-refractivity contribution is -0.138. The molecule has 0 bridgehead atoms. The van der Waals surface area contributed by atoms with Crippen LogP contribution in [0.25, 0.3) is 6.08 Å². The van der Waals surface area contributed by atoms with Crippen molar-refractivity contribution in [1.82, 2.24) is 0 Å². The van der Waals surface area contributed by atoms with Gasteiger partial charge in [0.15, 0.2) is 11.5 Å². The number of aliphatic imine (C=N–C) groups is 1. The number of amides is 1. The van der Waals surface area contributed by atoms with Gasteiger partial charge in [-0.15, -0.1) is 0 Å². The second-order valence-corrected chi connectivity index (χ2v) is 7.60. The van der Waals surface area contributed by atoms with Crippen LogP contribution in [0, 0.1) is 6.92 Å². The molecule has 8 heteroatoms. The van der Waals surface area contributed by atoms with Gasteiger partial charge in [0, 0.05) is 5.56 Å². The molecule has 0 saturated heterocycles. The number of hydrogen-bond donors (Lipinski definition) is 2. The number of thioether (sulfide) groups is 1. The number of esters is 1. The van der Waals surface area contributed by atoms with E-state index in [4.69, 9.17) is 9.47 Å². The molecule has 1 heterocycles. The van der Waals surface area contributed by atoms with Gasteiger partial charge in [-0.3, -0.25) is 4.79 Å². The summed E-state index contributed by atoms with van der Waals surface area (Å²) in [5.74, 6) is -1.40. The van der Waals surface area contributed by atoms with Crippen molar-refractivity contribution in [3.63, 3.8) is 0 Å². The van der Waals surface area contributed by atoms with Crippen molar-refractivity contribution in [1.29, 1.82) is 0 Å². The largest absolute Gasteiger partial charge is 0.506 e. The number of ether oxygens (including phenoxy) is 2. The van der Waals surface area contributed by atoms with Crippen LogP contribution in [0.3, 0.4) is 0 Å². The number of phenols is 1. The van der Waals surface area contributed by atoms with E-state index in [0.717, 1.165) is 17.3 Å². The molecule has 1 aliphatic heterocycles. The van der Waals surface area contributed by atoms with Crippen LogP contribution in [0.5, 0.6) is 11.5 Å². The molecule has 2 aromatic rings. The first-order valence-electron chi connectivity index (χ1n) is 9.41. The number of phenolic OH excluding ortho intramolecular Hbond substituents is 1. The zero-order valence-electron chi connectivity index (χ0n) is 17.2. The minimum atomic E-state index is -0.769. The number of aromatic hydroxyl groups is 1. The monoisotopic (exact) mass is 439 g/mol. The van der Waals surface area contributed by atoms with E-state index < -0.39 is 11.9 Å². The van der Waals surface area contributed by atoms with Crippen molar-refractivity contribution in [3.8, 4) is 11.5 Å². The Morgan fingerprint density at radius 2 is 1.84 bits per heavy atom. The molecule has 1 aliphatic rings. The van der Waals surface area contributed by atoms with Crippen LogP contribution in [0.1, 0.15) is 28.4 Å². The predicted octanol–water partition coefficient (Wildman–Crippen LogP) is 4.41. The Kier molecular flexibility index (Phi) is 6.81. The van der Waals surface area contributed by atoms with Crippen molar-refractivity contribution < 1.29 is 29.3 Å². The van der Waals surface area contributed by atoms with Gasteiger partial charge in [0.05, 0.1) is 18.6 Å². The number of aryl methyl sites for hydroxylation is 1. The van der Waals surface area contributed by atoms with Gasteiger partial charge >= 0.3 is 5.97 Å². The molecule has 0 aliphatic carbocycles. The van der Waals surface area contributed by atoms with Crippen LogP contribution in [0.15, 0.2) is 63.7 Å². The van der Waals surface area contributed by atoms with E-state index >= 15 is 0 Å². The van der Waals surface area contributed by atoms with Crippen LogP contribution in [0.4, 0.5) is 0 Å². The van der Waals surface area contributed by atoms with Crippen molar-refractivity contribution in [3.05, 3.63) is 75.4 Å². The Bertz CT molecular complexity index is 1120. The van der Waals surface area contributed by atoms with Crippen LogP contribution < -0.4 is 4.74 Å².